The van der Waals surface area contributed by atoms with E-state index in [1.54, 1.807) is 24.3 Å². The number of ether oxygens (including phenoxy) is 1. The maximum absolute atomic E-state index is 12.2. The number of hydrogen-bond acceptors (Lipinski definition) is 3. The molecule has 0 aliphatic heterocycles. The number of aryl methyl sites for hydroxylation is 1. The third kappa shape index (κ3) is 6.89. The molecule has 4 heteroatoms. The minimum Gasteiger partial charge on any atom is -0.462 e. The minimum absolute atomic E-state index is 0.0700. The van der Waals surface area contributed by atoms with Crippen LogP contribution in [-0.4, -0.2) is 18.5 Å². The molecular weight excluding hydrogens is 338 g/mol. The third-order valence-electron chi connectivity index (χ3n) is 4.40. The van der Waals surface area contributed by atoms with E-state index < -0.39 is 0 Å². The number of amides is 1. The maximum Gasteiger partial charge on any atom is 0.338 e. The summed E-state index contributed by atoms with van der Waals surface area (Å²) in [7, 11) is 0. The van der Waals surface area contributed by atoms with Crippen LogP contribution in [0.25, 0.3) is 0 Å². The summed E-state index contributed by atoms with van der Waals surface area (Å²) >= 11 is 0. The zero-order valence-corrected chi connectivity index (χ0v) is 16.5. The average Bonchev–Trinajstić information content (AvgIpc) is 2.67. The van der Waals surface area contributed by atoms with E-state index in [4.69, 9.17) is 4.74 Å². The standard InChI is InChI=1S/C23H29NO3/c1-4-5-15-27-23(26)20-7-6-8-21(16-20)24-22(25)14-11-18-9-12-19(13-10-18)17(2)3/h6-10,12-13,16-17H,4-5,11,14-15H2,1-3H3,(H,24,25). The van der Waals surface area contributed by atoms with Crippen molar-refractivity contribution < 1.29 is 14.3 Å². The van der Waals surface area contributed by atoms with Gasteiger partial charge in [0.25, 0.3) is 0 Å². The molecule has 0 fully saturated rings. The number of unbranched alkanes of at least 4 members (excludes halogenated alkanes) is 1. The Bertz CT molecular complexity index is 750. The Morgan fingerprint density at radius 3 is 2.48 bits per heavy atom. The van der Waals surface area contributed by atoms with Gasteiger partial charge in [-0.15, -0.1) is 0 Å². The molecule has 0 heterocycles. The van der Waals surface area contributed by atoms with Gasteiger partial charge >= 0.3 is 5.97 Å². The quantitative estimate of drug-likeness (QED) is 0.481. The topological polar surface area (TPSA) is 55.4 Å². The predicted molar refractivity (Wildman–Crippen MR) is 109 cm³/mol. The Balaban J connectivity index is 1.86. The molecule has 0 spiro atoms. The highest BCUT2D eigenvalue weighted by Crippen LogP contribution is 2.16. The van der Waals surface area contributed by atoms with Gasteiger partial charge in [-0.05, 0) is 48.1 Å². The lowest BCUT2D eigenvalue weighted by Gasteiger charge is -2.09. The molecule has 0 saturated heterocycles. The van der Waals surface area contributed by atoms with Crippen molar-refractivity contribution in [3.63, 3.8) is 0 Å². The van der Waals surface area contributed by atoms with Crippen LogP contribution in [0.1, 0.15) is 67.4 Å². The summed E-state index contributed by atoms with van der Waals surface area (Å²) in [4.78, 5) is 24.2. The summed E-state index contributed by atoms with van der Waals surface area (Å²) in [6, 6.07) is 15.3. The molecule has 0 aliphatic rings. The molecule has 27 heavy (non-hydrogen) atoms. The van der Waals surface area contributed by atoms with Crippen molar-refractivity contribution >= 4 is 17.6 Å². The molecule has 4 nitrogen and oxygen atoms in total. The van der Waals surface area contributed by atoms with Crippen LogP contribution in [0.4, 0.5) is 5.69 Å². The number of carbonyl (C=O) groups is 2. The molecule has 0 radical (unpaired) electrons. The number of nitrogens with one attached hydrogen (secondary N) is 1. The first kappa shape index (κ1) is 20.7. The highest BCUT2D eigenvalue weighted by Gasteiger charge is 2.09. The van der Waals surface area contributed by atoms with E-state index in [1.807, 2.05) is 6.92 Å². The molecule has 0 saturated carbocycles. The number of hydrogen-bond donors (Lipinski definition) is 1. The fourth-order valence-electron chi connectivity index (χ4n) is 2.67. The Morgan fingerprint density at radius 2 is 1.81 bits per heavy atom. The zero-order chi connectivity index (χ0) is 19.6. The minimum atomic E-state index is -0.357. The summed E-state index contributed by atoms with van der Waals surface area (Å²) < 4.78 is 5.21. The summed E-state index contributed by atoms with van der Waals surface area (Å²) in [5, 5.41) is 2.86. The lowest BCUT2D eigenvalue weighted by molar-refractivity contribution is -0.116. The Kier molecular flexibility index (Phi) is 8.05. The first-order valence-electron chi connectivity index (χ1n) is 9.65. The predicted octanol–water partition coefficient (Wildman–Crippen LogP) is 5.34. The largest absolute Gasteiger partial charge is 0.462 e. The SMILES string of the molecule is CCCCOC(=O)c1cccc(NC(=O)CCc2ccc(C(C)C)cc2)c1. The molecule has 2 aromatic carbocycles. The van der Waals surface area contributed by atoms with Gasteiger partial charge in [-0.2, -0.15) is 0 Å². The van der Waals surface area contributed by atoms with Gasteiger partial charge in [0.1, 0.15) is 0 Å². The van der Waals surface area contributed by atoms with E-state index in [0.717, 1.165) is 18.4 Å². The van der Waals surface area contributed by atoms with E-state index >= 15 is 0 Å². The second-order valence-corrected chi connectivity index (χ2v) is 7.01. The Hall–Kier alpha value is -2.62. The van der Waals surface area contributed by atoms with Gasteiger partial charge in [0.2, 0.25) is 5.91 Å². The summed E-state index contributed by atoms with van der Waals surface area (Å²) in [5.74, 6) is 0.0764. The normalized spacial score (nSPS) is 10.7. The van der Waals surface area contributed by atoms with Gasteiger partial charge in [0.05, 0.1) is 12.2 Å². The molecule has 144 valence electrons. The van der Waals surface area contributed by atoms with Crippen molar-refractivity contribution in [1.82, 2.24) is 0 Å². The summed E-state index contributed by atoms with van der Waals surface area (Å²) in [5.41, 5.74) is 3.50. The molecule has 2 aromatic rings. The second-order valence-electron chi connectivity index (χ2n) is 7.01. The van der Waals surface area contributed by atoms with Gasteiger partial charge in [-0.25, -0.2) is 4.79 Å². The van der Waals surface area contributed by atoms with Crippen LogP contribution in [0.5, 0.6) is 0 Å². The van der Waals surface area contributed by atoms with Crippen molar-refractivity contribution in [2.75, 3.05) is 11.9 Å². The number of benzene rings is 2. The highest BCUT2D eigenvalue weighted by atomic mass is 16.5. The first-order valence-corrected chi connectivity index (χ1v) is 9.65. The first-order chi connectivity index (χ1) is 13.0. The molecular formula is C23H29NO3. The van der Waals surface area contributed by atoms with Crippen LogP contribution in [0, 0.1) is 0 Å². The zero-order valence-electron chi connectivity index (χ0n) is 16.5. The van der Waals surface area contributed by atoms with Crippen molar-refractivity contribution in [2.45, 2.75) is 52.4 Å². The molecule has 0 aliphatic carbocycles. The molecule has 1 N–H and O–H groups in total. The van der Waals surface area contributed by atoms with E-state index in [9.17, 15) is 9.59 Å². The Labute approximate surface area is 161 Å². The van der Waals surface area contributed by atoms with E-state index in [2.05, 4.69) is 43.4 Å². The maximum atomic E-state index is 12.2. The average molecular weight is 367 g/mol. The molecule has 0 unspecified atom stereocenters. The molecule has 0 bridgehead atoms. The number of esters is 1. The smallest absolute Gasteiger partial charge is 0.338 e. The van der Waals surface area contributed by atoms with Gasteiger partial charge in [0.15, 0.2) is 0 Å². The fourth-order valence-corrected chi connectivity index (χ4v) is 2.67. The van der Waals surface area contributed by atoms with Gasteiger partial charge in [-0.1, -0.05) is 57.5 Å². The van der Waals surface area contributed by atoms with Crippen LogP contribution in [0.2, 0.25) is 0 Å². The van der Waals surface area contributed by atoms with Crippen LogP contribution < -0.4 is 5.32 Å². The Morgan fingerprint density at radius 1 is 1.07 bits per heavy atom. The molecule has 0 atom stereocenters. The van der Waals surface area contributed by atoms with Crippen molar-refractivity contribution in [3.05, 3.63) is 65.2 Å². The van der Waals surface area contributed by atoms with Crippen LogP contribution in [0.15, 0.2) is 48.5 Å². The van der Waals surface area contributed by atoms with Gasteiger partial charge < -0.3 is 10.1 Å². The van der Waals surface area contributed by atoms with Crippen molar-refractivity contribution in [2.24, 2.45) is 0 Å². The van der Waals surface area contributed by atoms with Gasteiger partial charge in [-0.3, -0.25) is 4.79 Å². The second kappa shape index (κ2) is 10.5. The van der Waals surface area contributed by atoms with Crippen LogP contribution in [0.3, 0.4) is 0 Å². The molecule has 0 aromatic heterocycles. The number of carbonyl (C=O) groups excluding carboxylic acids is 2. The third-order valence-corrected chi connectivity index (χ3v) is 4.40. The van der Waals surface area contributed by atoms with Crippen LogP contribution in [-0.2, 0) is 16.0 Å². The van der Waals surface area contributed by atoms with Crippen molar-refractivity contribution in [1.29, 1.82) is 0 Å². The van der Waals surface area contributed by atoms with Crippen LogP contribution >= 0.6 is 0 Å². The monoisotopic (exact) mass is 367 g/mol. The van der Waals surface area contributed by atoms with Crippen molar-refractivity contribution in [3.8, 4) is 0 Å². The van der Waals surface area contributed by atoms with E-state index in [1.165, 1.54) is 5.56 Å². The van der Waals surface area contributed by atoms with E-state index in [-0.39, 0.29) is 11.9 Å². The lowest BCUT2D eigenvalue weighted by Crippen LogP contribution is -2.13. The molecule has 2 rings (SSSR count). The summed E-state index contributed by atoms with van der Waals surface area (Å²) in [6.45, 7) is 6.79. The lowest BCUT2D eigenvalue weighted by atomic mass is 10.0. The number of anilines is 1. The van der Waals surface area contributed by atoms with E-state index in [0.29, 0.717) is 36.6 Å². The highest BCUT2D eigenvalue weighted by molar-refractivity contribution is 5.94. The molecule has 1 amide bonds. The fraction of sp³-hybridized carbons (Fsp3) is 0.391. The number of rotatable bonds is 9. The van der Waals surface area contributed by atoms with Gasteiger partial charge in [0, 0.05) is 12.1 Å². The summed E-state index contributed by atoms with van der Waals surface area (Å²) in [6.07, 6.45) is 2.90.